The summed E-state index contributed by atoms with van der Waals surface area (Å²) in [5, 5.41) is 2.86. The van der Waals surface area contributed by atoms with Gasteiger partial charge in [0.1, 0.15) is 6.61 Å². The van der Waals surface area contributed by atoms with Crippen LogP contribution in [0.1, 0.15) is 82.8 Å². The number of imide groups is 1. The second kappa shape index (κ2) is 18.5. The molecule has 0 aromatic heterocycles. The second-order valence-corrected chi connectivity index (χ2v) is 12.7. The Morgan fingerprint density at radius 1 is 0.830 bits per heavy atom. The summed E-state index contributed by atoms with van der Waals surface area (Å²) in [5.41, 5.74) is 0.849. The van der Waals surface area contributed by atoms with Gasteiger partial charge in [0.25, 0.3) is 0 Å². The van der Waals surface area contributed by atoms with E-state index in [-0.39, 0.29) is 31.0 Å². The topological polar surface area (TPSA) is 102 Å². The highest BCUT2D eigenvalue weighted by Gasteiger charge is 2.62. The van der Waals surface area contributed by atoms with Gasteiger partial charge < -0.3 is 24.8 Å². The molecule has 0 radical (unpaired) electrons. The molecule has 10 heteroatoms. The number of urea groups is 1. The Labute approximate surface area is 281 Å². The van der Waals surface area contributed by atoms with Crippen LogP contribution in [0.4, 0.5) is 4.79 Å². The normalized spacial score (nSPS) is 15.4. The van der Waals surface area contributed by atoms with Crippen LogP contribution in [0.2, 0.25) is 0 Å². The van der Waals surface area contributed by atoms with Gasteiger partial charge >= 0.3 is 6.03 Å². The van der Waals surface area contributed by atoms with Crippen LogP contribution in [0.25, 0.3) is 0 Å². The van der Waals surface area contributed by atoms with Gasteiger partial charge in [-0.3, -0.25) is 14.4 Å². The van der Waals surface area contributed by atoms with Crippen LogP contribution < -0.4 is 5.32 Å². The summed E-state index contributed by atoms with van der Waals surface area (Å²) >= 11 is 0. The summed E-state index contributed by atoms with van der Waals surface area (Å²) < 4.78 is 6.04. The maximum atomic E-state index is 14.3. The van der Waals surface area contributed by atoms with Gasteiger partial charge in [0.15, 0.2) is 6.23 Å². The van der Waals surface area contributed by atoms with Gasteiger partial charge in [-0.25, -0.2) is 9.69 Å². The van der Waals surface area contributed by atoms with Crippen molar-refractivity contribution in [3.05, 3.63) is 71.8 Å². The van der Waals surface area contributed by atoms with Crippen molar-refractivity contribution in [1.82, 2.24) is 24.9 Å². The average molecular weight is 650 g/mol. The maximum absolute atomic E-state index is 14.3. The van der Waals surface area contributed by atoms with Crippen LogP contribution in [0.3, 0.4) is 0 Å². The molecular formula is C37H55N5O5. The van der Waals surface area contributed by atoms with Crippen molar-refractivity contribution in [3.8, 4) is 0 Å². The van der Waals surface area contributed by atoms with Crippen molar-refractivity contribution in [2.24, 2.45) is 5.41 Å². The van der Waals surface area contributed by atoms with E-state index in [1.54, 1.807) is 16.8 Å². The van der Waals surface area contributed by atoms with Crippen molar-refractivity contribution in [2.75, 3.05) is 54.1 Å². The predicted molar refractivity (Wildman–Crippen MR) is 184 cm³/mol. The number of carbonyl (C=O) groups is 4. The maximum Gasteiger partial charge on any atom is 0.327 e. The molecule has 1 unspecified atom stereocenters. The Kier molecular flexibility index (Phi) is 14.9. The van der Waals surface area contributed by atoms with Gasteiger partial charge in [-0.2, -0.15) is 0 Å². The number of nitrogens with zero attached hydrogens (tertiary/aromatic N) is 4. The lowest BCUT2D eigenvalue weighted by atomic mass is 9.72. The van der Waals surface area contributed by atoms with Crippen molar-refractivity contribution in [2.45, 2.75) is 77.9 Å². The minimum Gasteiger partial charge on any atom is -0.347 e. The van der Waals surface area contributed by atoms with Crippen molar-refractivity contribution in [1.29, 1.82) is 0 Å². The van der Waals surface area contributed by atoms with Crippen LogP contribution >= 0.6 is 0 Å². The van der Waals surface area contributed by atoms with E-state index in [1.807, 2.05) is 93.5 Å². The molecule has 1 atom stereocenters. The number of benzene rings is 2. The summed E-state index contributed by atoms with van der Waals surface area (Å²) in [6.45, 7) is 7.35. The molecule has 258 valence electrons. The molecule has 1 saturated heterocycles. The lowest BCUT2D eigenvalue weighted by molar-refractivity contribution is -0.211. The minimum absolute atomic E-state index is 0.0600. The van der Waals surface area contributed by atoms with E-state index in [1.165, 1.54) is 0 Å². The summed E-state index contributed by atoms with van der Waals surface area (Å²) in [6.07, 6.45) is 5.15. The molecule has 3 rings (SSSR count). The number of β-lactam (4-membered cyclic amide) rings is 1. The fourth-order valence-electron chi connectivity index (χ4n) is 6.08. The number of amides is 5. The Morgan fingerprint density at radius 3 is 1.94 bits per heavy atom. The van der Waals surface area contributed by atoms with Crippen LogP contribution in [0.5, 0.6) is 0 Å². The van der Waals surface area contributed by atoms with Gasteiger partial charge in [0.05, 0.1) is 18.0 Å². The van der Waals surface area contributed by atoms with Crippen LogP contribution in [-0.4, -0.2) is 104 Å². The first kappa shape index (κ1) is 37.7. The predicted octanol–water partition coefficient (Wildman–Crippen LogP) is 5.30. The number of ether oxygens (including phenoxy) is 1. The van der Waals surface area contributed by atoms with Crippen molar-refractivity contribution >= 4 is 23.8 Å². The third-order valence-corrected chi connectivity index (χ3v) is 9.28. The monoisotopic (exact) mass is 649 g/mol. The standard InChI is InChI=1S/C37H55N5O5/c1-7-10-11-12-19-24-41(33(44)32(29-20-15-13-16-21-29)30-22-17-14-18-23-30)28-38-36(46)42-34(45)37(8-2,9-3)35(42)47-27-31(43)40(6)26-25-39(4)5/h13-18,20-23,32,35H,7-12,19,24-28H2,1-6H3,(H,38,46). The first-order chi connectivity index (χ1) is 22.6. The molecule has 2 aromatic carbocycles. The number of carbonyl (C=O) groups excluding carboxylic acids is 4. The first-order valence-electron chi connectivity index (χ1n) is 17.1. The molecule has 1 fully saturated rings. The van der Waals surface area contributed by atoms with Gasteiger partial charge in [0, 0.05) is 26.7 Å². The van der Waals surface area contributed by atoms with E-state index >= 15 is 0 Å². The second-order valence-electron chi connectivity index (χ2n) is 12.7. The third kappa shape index (κ3) is 9.64. The third-order valence-electron chi connectivity index (χ3n) is 9.28. The van der Waals surface area contributed by atoms with Gasteiger partial charge in [-0.15, -0.1) is 0 Å². The molecule has 0 bridgehead atoms. The Hall–Kier alpha value is -3.76. The van der Waals surface area contributed by atoms with Crippen molar-refractivity contribution in [3.63, 3.8) is 0 Å². The van der Waals surface area contributed by atoms with Crippen LogP contribution in [-0.2, 0) is 19.1 Å². The molecule has 10 nitrogen and oxygen atoms in total. The number of nitrogens with one attached hydrogen (secondary N) is 1. The molecule has 0 saturated carbocycles. The smallest absolute Gasteiger partial charge is 0.327 e. The lowest BCUT2D eigenvalue weighted by Gasteiger charge is -2.53. The fourth-order valence-corrected chi connectivity index (χ4v) is 6.08. The van der Waals surface area contributed by atoms with Crippen LogP contribution in [0, 0.1) is 5.41 Å². The van der Waals surface area contributed by atoms with Gasteiger partial charge in [-0.1, -0.05) is 107 Å². The summed E-state index contributed by atoms with van der Waals surface area (Å²) in [5.74, 6) is -1.22. The minimum atomic E-state index is -0.889. The molecule has 1 aliphatic heterocycles. The largest absolute Gasteiger partial charge is 0.347 e. The van der Waals surface area contributed by atoms with Crippen LogP contribution in [0.15, 0.2) is 60.7 Å². The highest BCUT2D eigenvalue weighted by molar-refractivity contribution is 6.03. The molecular weight excluding hydrogens is 594 g/mol. The van der Waals surface area contributed by atoms with E-state index < -0.39 is 23.6 Å². The molecule has 0 spiro atoms. The van der Waals surface area contributed by atoms with E-state index in [9.17, 15) is 19.2 Å². The van der Waals surface area contributed by atoms with E-state index in [4.69, 9.17) is 4.74 Å². The molecule has 1 N–H and O–H groups in total. The lowest BCUT2D eigenvalue weighted by Crippen LogP contribution is -2.73. The molecule has 1 heterocycles. The number of likely N-dealkylation sites (tertiary alicyclic amines) is 1. The van der Waals surface area contributed by atoms with Gasteiger partial charge in [-0.05, 0) is 44.5 Å². The summed E-state index contributed by atoms with van der Waals surface area (Å²) in [4.78, 5) is 60.6. The Bertz CT molecular complexity index is 1250. The quantitative estimate of drug-likeness (QED) is 0.126. The highest BCUT2D eigenvalue weighted by Crippen LogP contribution is 2.45. The Balaban J connectivity index is 1.78. The first-order valence-corrected chi connectivity index (χ1v) is 17.1. The number of rotatable bonds is 19. The van der Waals surface area contributed by atoms with E-state index in [0.717, 1.165) is 48.1 Å². The summed E-state index contributed by atoms with van der Waals surface area (Å²) in [7, 11) is 5.59. The molecule has 2 aromatic rings. The SMILES string of the molecule is CCCCCCCN(CNC(=O)N1C(=O)C(CC)(CC)C1OCC(=O)N(C)CCN(C)C)C(=O)C(c1ccccc1)c1ccccc1. The molecule has 0 aliphatic carbocycles. The molecule has 5 amide bonds. The van der Waals surface area contributed by atoms with Crippen molar-refractivity contribution < 1.29 is 23.9 Å². The zero-order valence-electron chi connectivity index (χ0n) is 29.2. The zero-order chi connectivity index (χ0) is 34.4. The number of unbranched alkanes of at least 4 members (excludes halogenated alkanes) is 4. The molecule has 47 heavy (non-hydrogen) atoms. The Morgan fingerprint density at radius 2 is 1.40 bits per heavy atom. The molecule has 1 aliphatic rings. The fraction of sp³-hybridized carbons (Fsp3) is 0.568. The number of likely N-dealkylation sites (N-methyl/N-ethyl adjacent to an activating group) is 2. The summed E-state index contributed by atoms with van der Waals surface area (Å²) in [6, 6.07) is 18.7. The van der Waals surface area contributed by atoms with E-state index in [0.29, 0.717) is 32.5 Å². The van der Waals surface area contributed by atoms with E-state index in [2.05, 4.69) is 12.2 Å². The highest BCUT2D eigenvalue weighted by atomic mass is 16.5. The number of hydrogen-bond acceptors (Lipinski definition) is 6. The zero-order valence-corrected chi connectivity index (χ0v) is 29.2. The van der Waals surface area contributed by atoms with Gasteiger partial charge in [0.2, 0.25) is 17.7 Å². The average Bonchev–Trinajstić information content (AvgIpc) is 3.08. The number of hydrogen-bond donors (Lipinski definition) is 1.